The van der Waals surface area contributed by atoms with Crippen LogP contribution in [0.2, 0.25) is 5.02 Å². The Bertz CT molecular complexity index is 839. The monoisotopic (exact) mass is 380 g/mol. The van der Waals surface area contributed by atoms with Crippen LogP contribution in [-0.2, 0) is 11.3 Å². The number of amides is 1. The molecule has 0 aliphatic heterocycles. The summed E-state index contributed by atoms with van der Waals surface area (Å²) in [5.41, 5.74) is -0.141. The number of carbonyl (C=O) groups is 2. The van der Waals surface area contributed by atoms with E-state index in [0.717, 1.165) is 12.1 Å². The van der Waals surface area contributed by atoms with E-state index in [0.29, 0.717) is 6.29 Å². The first-order valence-electron chi connectivity index (χ1n) is 7.36. The zero-order valence-electron chi connectivity index (χ0n) is 13.6. The van der Waals surface area contributed by atoms with Crippen molar-refractivity contribution in [2.45, 2.75) is 6.54 Å². The molecule has 7 nitrogen and oxygen atoms in total. The van der Waals surface area contributed by atoms with Gasteiger partial charge in [-0.2, -0.15) is 0 Å². The van der Waals surface area contributed by atoms with E-state index in [1.807, 2.05) is 0 Å². The fourth-order valence-electron chi connectivity index (χ4n) is 2.13. The fourth-order valence-corrected chi connectivity index (χ4v) is 2.35. The van der Waals surface area contributed by atoms with Gasteiger partial charge in [0.25, 0.3) is 11.6 Å². The van der Waals surface area contributed by atoms with Crippen molar-refractivity contribution in [3.8, 4) is 5.75 Å². The highest BCUT2D eigenvalue weighted by atomic mass is 35.5. The molecule has 0 saturated carbocycles. The average Bonchev–Trinajstić information content (AvgIpc) is 2.62. The number of hydrogen-bond donors (Lipinski definition) is 0. The normalized spacial score (nSPS) is 10.3. The Balaban J connectivity index is 2.04. The smallest absolute Gasteiger partial charge is 0.270 e. The van der Waals surface area contributed by atoms with Crippen LogP contribution in [0.1, 0.15) is 15.9 Å². The van der Waals surface area contributed by atoms with Crippen molar-refractivity contribution < 1.29 is 23.6 Å². The Kier molecular flexibility index (Phi) is 6.24. The van der Waals surface area contributed by atoms with Gasteiger partial charge in [-0.3, -0.25) is 19.7 Å². The first-order chi connectivity index (χ1) is 12.3. The Hall–Kier alpha value is -3.00. The van der Waals surface area contributed by atoms with E-state index in [-0.39, 0.29) is 34.1 Å². The van der Waals surface area contributed by atoms with Crippen molar-refractivity contribution in [3.63, 3.8) is 0 Å². The third-order valence-corrected chi connectivity index (χ3v) is 3.92. The van der Waals surface area contributed by atoms with Crippen molar-refractivity contribution >= 4 is 29.5 Å². The lowest BCUT2D eigenvalue weighted by Gasteiger charge is -2.19. The lowest BCUT2D eigenvalue weighted by molar-refractivity contribution is -0.384. The van der Waals surface area contributed by atoms with Gasteiger partial charge in [-0.15, -0.1) is 0 Å². The number of benzene rings is 2. The minimum Gasteiger partial charge on any atom is -0.483 e. The van der Waals surface area contributed by atoms with Crippen LogP contribution >= 0.6 is 11.6 Å². The summed E-state index contributed by atoms with van der Waals surface area (Å²) in [6.07, 6.45) is 0.398. The predicted octanol–water partition coefficient (Wildman–Crippen LogP) is 3.24. The number of halogens is 2. The van der Waals surface area contributed by atoms with E-state index in [1.165, 1.54) is 36.2 Å². The molecule has 0 atom stereocenters. The van der Waals surface area contributed by atoms with Crippen LogP contribution in [-0.4, -0.2) is 35.7 Å². The molecule has 0 bridgehead atoms. The number of aldehydes is 1. The molecule has 0 N–H and O–H groups in total. The van der Waals surface area contributed by atoms with E-state index in [4.69, 9.17) is 16.3 Å². The van der Waals surface area contributed by atoms with Crippen LogP contribution in [0.25, 0.3) is 0 Å². The number of ether oxygens (including phenoxy) is 1. The standard InChI is InChI=1S/C17H14ClFN2O5/c1-20(8-13-14(18)3-2-4-15(13)19)17(23)10-26-16-6-5-12(21(24)25)7-11(16)9-22/h2-7,9H,8,10H2,1H3. The topological polar surface area (TPSA) is 89.8 Å². The molecule has 136 valence electrons. The van der Waals surface area contributed by atoms with Crippen LogP contribution in [0, 0.1) is 15.9 Å². The van der Waals surface area contributed by atoms with E-state index in [9.17, 15) is 24.1 Å². The van der Waals surface area contributed by atoms with E-state index in [1.54, 1.807) is 0 Å². The van der Waals surface area contributed by atoms with Crippen molar-refractivity contribution in [1.29, 1.82) is 0 Å². The van der Waals surface area contributed by atoms with Gasteiger partial charge in [-0.25, -0.2) is 4.39 Å². The molecule has 2 rings (SSSR count). The van der Waals surface area contributed by atoms with Gasteiger partial charge in [-0.1, -0.05) is 17.7 Å². The number of nitro groups is 1. The summed E-state index contributed by atoms with van der Waals surface area (Å²) < 4.78 is 19.1. The van der Waals surface area contributed by atoms with E-state index < -0.39 is 23.3 Å². The zero-order chi connectivity index (χ0) is 19.3. The quantitative estimate of drug-likeness (QED) is 0.418. The summed E-state index contributed by atoms with van der Waals surface area (Å²) in [6, 6.07) is 7.67. The molecular formula is C17H14ClFN2O5. The summed E-state index contributed by atoms with van der Waals surface area (Å²) in [6.45, 7) is -0.490. The SMILES string of the molecule is CN(Cc1c(F)cccc1Cl)C(=O)COc1ccc([N+](=O)[O-])cc1C=O. The third-order valence-electron chi connectivity index (χ3n) is 3.57. The maximum atomic E-state index is 13.8. The first kappa shape index (κ1) is 19.3. The van der Waals surface area contributed by atoms with Crippen LogP contribution in [0.3, 0.4) is 0 Å². The van der Waals surface area contributed by atoms with E-state index in [2.05, 4.69) is 0 Å². The average molecular weight is 381 g/mol. The molecule has 0 heterocycles. The molecule has 0 aromatic heterocycles. The second-order valence-corrected chi connectivity index (χ2v) is 5.74. The summed E-state index contributed by atoms with van der Waals surface area (Å²) in [5.74, 6) is -0.979. The Labute approximate surface area is 153 Å². The summed E-state index contributed by atoms with van der Waals surface area (Å²) >= 11 is 5.93. The lowest BCUT2D eigenvalue weighted by Crippen LogP contribution is -2.31. The Morgan fingerprint density at radius 2 is 2.12 bits per heavy atom. The summed E-state index contributed by atoms with van der Waals surface area (Å²) in [5, 5.41) is 10.9. The van der Waals surface area contributed by atoms with Crippen molar-refractivity contribution in [2.75, 3.05) is 13.7 Å². The van der Waals surface area contributed by atoms with Crippen LogP contribution < -0.4 is 4.74 Å². The molecule has 26 heavy (non-hydrogen) atoms. The molecular weight excluding hydrogens is 367 g/mol. The molecule has 0 aliphatic rings. The second-order valence-electron chi connectivity index (χ2n) is 5.34. The van der Waals surface area contributed by atoms with Crippen molar-refractivity contribution in [2.24, 2.45) is 0 Å². The summed E-state index contributed by atoms with van der Waals surface area (Å²) in [4.78, 5) is 34.5. The van der Waals surface area contributed by atoms with Crippen LogP contribution in [0.4, 0.5) is 10.1 Å². The van der Waals surface area contributed by atoms with Gasteiger partial charge >= 0.3 is 0 Å². The summed E-state index contributed by atoms with van der Waals surface area (Å²) in [7, 11) is 1.45. The zero-order valence-corrected chi connectivity index (χ0v) is 14.4. The van der Waals surface area contributed by atoms with Gasteiger partial charge in [0.2, 0.25) is 0 Å². The van der Waals surface area contributed by atoms with Crippen molar-refractivity contribution in [3.05, 3.63) is 68.5 Å². The molecule has 0 saturated heterocycles. The van der Waals surface area contributed by atoms with Crippen LogP contribution in [0.15, 0.2) is 36.4 Å². The maximum absolute atomic E-state index is 13.8. The Morgan fingerprint density at radius 1 is 1.38 bits per heavy atom. The molecule has 0 spiro atoms. The third kappa shape index (κ3) is 4.54. The van der Waals surface area contributed by atoms with Gasteiger partial charge in [0.05, 0.1) is 10.5 Å². The number of non-ortho nitro benzene ring substituents is 1. The molecule has 9 heteroatoms. The van der Waals surface area contributed by atoms with Gasteiger partial charge in [0.1, 0.15) is 11.6 Å². The Morgan fingerprint density at radius 3 is 2.73 bits per heavy atom. The number of hydrogen-bond acceptors (Lipinski definition) is 5. The number of rotatable bonds is 7. The highest BCUT2D eigenvalue weighted by Gasteiger charge is 2.17. The largest absolute Gasteiger partial charge is 0.483 e. The number of carbonyl (C=O) groups excluding carboxylic acids is 2. The molecule has 1 amide bonds. The molecule has 0 fully saturated rings. The minimum absolute atomic E-state index is 0.0382. The molecule has 0 unspecified atom stereocenters. The van der Waals surface area contributed by atoms with Crippen molar-refractivity contribution in [1.82, 2.24) is 4.90 Å². The molecule has 2 aromatic carbocycles. The van der Waals surface area contributed by atoms with Gasteiger partial charge in [0, 0.05) is 36.3 Å². The minimum atomic E-state index is -0.645. The van der Waals surface area contributed by atoms with E-state index >= 15 is 0 Å². The molecule has 0 radical (unpaired) electrons. The second kappa shape index (κ2) is 8.39. The number of nitro benzene ring substituents is 1. The van der Waals surface area contributed by atoms with Gasteiger partial charge < -0.3 is 9.64 Å². The van der Waals surface area contributed by atoms with Crippen LogP contribution in [0.5, 0.6) is 5.75 Å². The first-order valence-corrected chi connectivity index (χ1v) is 7.74. The van der Waals surface area contributed by atoms with Gasteiger partial charge in [0.15, 0.2) is 12.9 Å². The fraction of sp³-hybridized carbons (Fsp3) is 0.176. The van der Waals surface area contributed by atoms with Gasteiger partial charge in [-0.05, 0) is 18.2 Å². The number of nitrogens with zero attached hydrogens (tertiary/aromatic N) is 2. The lowest BCUT2D eigenvalue weighted by atomic mass is 10.2. The highest BCUT2D eigenvalue weighted by molar-refractivity contribution is 6.31. The highest BCUT2D eigenvalue weighted by Crippen LogP contribution is 2.23. The predicted molar refractivity (Wildman–Crippen MR) is 91.9 cm³/mol. The molecule has 0 aliphatic carbocycles. The number of likely N-dealkylation sites (N-methyl/N-ethyl adjacent to an activating group) is 1. The molecule has 2 aromatic rings. The maximum Gasteiger partial charge on any atom is 0.270 e.